The van der Waals surface area contributed by atoms with Crippen molar-refractivity contribution < 1.29 is 28.6 Å². The van der Waals surface area contributed by atoms with Gasteiger partial charge >= 0.3 is 17.9 Å². The second-order valence-electron chi connectivity index (χ2n) is 23.1. The van der Waals surface area contributed by atoms with Crippen LogP contribution in [0.1, 0.15) is 361 Å². The average Bonchev–Trinajstić information content (AvgIpc) is 3.44. The lowest BCUT2D eigenvalue weighted by atomic mass is 10.0. The Morgan fingerprint density at radius 3 is 0.833 bits per heavy atom. The van der Waals surface area contributed by atoms with Gasteiger partial charge in [-0.25, -0.2) is 0 Å². The van der Waals surface area contributed by atoms with Crippen LogP contribution in [-0.2, 0) is 28.6 Å². The Bertz CT molecular complexity index is 1390. The molecule has 0 aliphatic heterocycles. The summed E-state index contributed by atoms with van der Waals surface area (Å²) in [5.41, 5.74) is 0. The predicted octanol–water partition coefficient (Wildman–Crippen LogP) is 23.5. The van der Waals surface area contributed by atoms with Crippen LogP contribution in [0.15, 0.2) is 60.8 Å². The molecule has 0 bridgehead atoms. The first-order valence-electron chi connectivity index (χ1n) is 34.3. The third-order valence-corrected chi connectivity index (χ3v) is 15.3. The number of rotatable bonds is 63. The van der Waals surface area contributed by atoms with Crippen LogP contribution in [0, 0.1) is 0 Å². The van der Waals surface area contributed by atoms with Crippen LogP contribution in [-0.4, -0.2) is 37.2 Å². The summed E-state index contributed by atoms with van der Waals surface area (Å²) in [4.78, 5) is 38.3. The zero-order valence-electron chi connectivity index (χ0n) is 52.2. The van der Waals surface area contributed by atoms with Gasteiger partial charge in [-0.15, -0.1) is 0 Å². The number of hydrogen-bond donors (Lipinski definition) is 0. The Kier molecular flexibility index (Phi) is 64.2. The molecule has 6 heteroatoms. The molecular weight excluding hydrogens is 961 g/mol. The van der Waals surface area contributed by atoms with E-state index in [1.165, 1.54) is 231 Å². The largest absolute Gasteiger partial charge is 0.462 e. The average molecular weight is 1090 g/mol. The third kappa shape index (κ3) is 63.9. The molecule has 0 saturated carbocycles. The second kappa shape index (κ2) is 66.6. The van der Waals surface area contributed by atoms with Crippen molar-refractivity contribution in [2.75, 3.05) is 13.2 Å². The van der Waals surface area contributed by atoms with Crippen LogP contribution in [0.3, 0.4) is 0 Å². The lowest BCUT2D eigenvalue weighted by Crippen LogP contribution is -2.30. The number of esters is 3. The van der Waals surface area contributed by atoms with Gasteiger partial charge in [-0.05, 0) is 77.0 Å². The van der Waals surface area contributed by atoms with E-state index >= 15 is 0 Å². The first-order chi connectivity index (χ1) is 38.5. The van der Waals surface area contributed by atoms with E-state index in [4.69, 9.17) is 14.2 Å². The maximum atomic E-state index is 12.9. The van der Waals surface area contributed by atoms with Gasteiger partial charge in [0.1, 0.15) is 13.2 Å². The van der Waals surface area contributed by atoms with Gasteiger partial charge in [0.2, 0.25) is 0 Å². The van der Waals surface area contributed by atoms with Crippen LogP contribution in [0.2, 0.25) is 0 Å². The molecule has 0 spiro atoms. The molecule has 1 unspecified atom stereocenters. The topological polar surface area (TPSA) is 78.9 Å². The molecule has 6 nitrogen and oxygen atoms in total. The summed E-state index contributed by atoms with van der Waals surface area (Å²) in [5.74, 6) is -0.869. The van der Waals surface area contributed by atoms with Crippen LogP contribution >= 0.6 is 0 Å². The number of ether oxygens (including phenoxy) is 3. The smallest absolute Gasteiger partial charge is 0.306 e. The maximum Gasteiger partial charge on any atom is 0.306 e. The number of allylic oxidation sites excluding steroid dienone is 10. The SMILES string of the molecule is CC/C=C\C/C=C\C/C=C\C/C=C\CCCCCCCCCCCCC(=O)OC(COC(=O)CCCCCCC/C=C\CCCC)COC(=O)CCCCCCCCCCCCCCCCCCCCCCCCCCCC. The minimum absolute atomic E-state index is 0.0747. The molecule has 0 rings (SSSR count). The lowest BCUT2D eigenvalue weighted by molar-refractivity contribution is -0.167. The minimum Gasteiger partial charge on any atom is -0.462 e. The van der Waals surface area contributed by atoms with Crippen LogP contribution in [0.25, 0.3) is 0 Å². The summed E-state index contributed by atoms with van der Waals surface area (Å²) in [7, 11) is 0. The standard InChI is InChI=1S/C72H130O6/c1-4-7-10-13-16-19-22-24-26-28-30-32-34-35-36-38-39-41-43-45-47-50-53-56-59-62-65-71(74)77-68-69(67-76-70(73)64-61-58-55-52-49-21-18-15-12-9-6-3)78-72(75)66-63-60-57-54-51-48-46-44-42-40-37-33-31-29-27-25-23-20-17-14-11-8-5-2/h8,11,15,17-18,20,25,27,31,33,69H,4-7,9-10,12-14,16,19,21-24,26,28-30,32,34-68H2,1-3H3/b11-8-,18-15-,20-17-,27-25-,33-31-. The monoisotopic (exact) mass is 1090 g/mol. The number of unbranched alkanes of at least 4 members (excludes halogenated alkanes) is 42. The van der Waals surface area contributed by atoms with Crippen LogP contribution in [0.5, 0.6) is 0 Å². The highest BCUT2D eigenvalue weighted by Gasteiger charge is 2.19. The molecule has 0 fully saturated rings. The Morgan fingerprint density at radius 1 is 0.269 bits per heavy atom. The molecule has 0 aromatic carbocycles. The van der Waals surface area contributed by atoms with E-state index in [1.807, 2.05) is 0 Å². The molecule has 0 saturated heterocycles. The molecule has 0 radical (unpaired) electrons. The zero-order valence-corrected chi connectivity index (χ0v) is 52.2. The Hall–Kier alpha value is -2.89. The summed E-state index contributed by atoms with van der Waals surface area (Å²) in [6.07, 6.45) is 85.4. The van der Waals surface area contributed by atoms with Crippen molar-refractivity contribution in [2.45, 2.75) is 367 Å². The van der Waals surface area contributed by atoms with Gasteiger partial charge < -0.3 is 14.2 Å². The molecule has 0 N–H and O–H groups in total. The molecule has 0 aromatic heterocycles. The van der Waals surface area contributed by atoms with E-state index in [2.05, 4.69) is 81.5 Å². The fraction of sp³-hybridized carbons (Fsp3) is 0.819. The first-order valence-corrected chi connectivity index (χ1v) is 34.3. The Labute approximate surface area is 485 Å². The van der Waals surface area contributed by atoms with E-state index < -0.39 is 6.10 Å². The quantitative estimate of drug-likeness (QED) is 0.0261. The molecule has 78 heavy (non-hydrogen) atoms. The summed E-state index contributed by atoms with van der Waals surface area (Å²) in [6.45, 7) is 6.54. The number of hydrogen-bond acceptors (Lipinski definition) is 6. The van der Waals surface area contributed by atoms with E-state index in [-0.39, 0.29) is 31.1 Å². The van der Waals surface area contributed by atoms with Gasteiger partial charge in [-0.3, -0.25) is 14.4 Å². The number of carbonyl (C=O) groups excluding carboxylic acids is 3. The summed E-state index contributed by atoms with van der Waals surface area (Å²) < 4.78 is 16.9. The van der Waals surface area contributed by atoms with Gasteiger partial charge in [-0.2, -0.15) is 0 Å². The van der Waals surface area contributed by atoms with Gasteiger partial charge in [-0.1, -0.05) is 326 Å². The fourth-order valence-corrected chi connectivity index (χ4v) is 10.1. The summed E-state index contributed by atoms with van der Waals surface area (Å²) in [6, 6.07) is 0. The fourth-order valence-electron chi connectivity index (χ4n) is 10.1. The molecule has 0 aliphatic carbocycles. The second-order valence-corrected chi connectivity index (χ2v) is 23.1. The molecule has 0 aromatic rings. The highest BCUT2D eigenvalue weighted by molar-refractivity contribution is 5.71. The maximum absolute atomic E-state index is 12.9. The molecule has 0 aliphatic rings. The van der Waals surface area contributed by atoms with Gasteiger partial charge in [0.05, 0.1) is 0 Å². The lowest BCUT2D eigenvalue weighted by Gasteiger charge is -2.18. The van der Waals surface area contributed by atoms with E-state index in [9.17, 15) is 14.4 Å². The van der Waals surface area contributed by atoms with Crippen molar-refractivity contribution in [3.05, 3.63) is 60.8 Å². The van der Waals surface area contributed by atoms with Gasteiger partial charge in [0.15, 0.2) is 6.10 Å². The van der Waals surface area contributed by atoms with Crippen LogP contribution in [0.4, 0.5) is 0 Å². The minimum atomic E-state index is -0.779. The van der Waals surface area contributed by atoms with Gasteiger partial charge in [0.25, 0.3) is 0 Å². The highest BCUT2D eigenvalue weighted by atomic mass is 16.6. The van der Waals surface area contributed by atoms with Crippen molar-refractivity contribution in [3.8, 4) is 0 Å². The predicted molar refractivity (Wildman–Crippen MR) is 339 cm³/mol. The molecule has 0 heterocycles. The van der Waals surface area contributed by atoms with E-state index in [0.29, 0.717) is 19.3 Å². The van der Waals surface area contributed by atoms with Crippen molar-refractivity contribution in [3.63, 3.8) is 0 Å². The summed E-state index contributed by atoms with van der Waals surface area (Å²) in [5, 5.41) is 0. The molecule has 454 valence electrons. The molecule has 0 amide bonds. The van der Waals surface area contributed by atoms with E-state index in [0.717, 1.165) is 89.9 Å². The Morgan fingerprint density at radius 2 is 0.513 bits per heavy atom. The van der Waals surface area contributed by atoms with Crippen molar-refractivity contribution >= 4 is 17.9 Å². The third-order valence-electron chi connectivity index (χ3n) is 15.3. The highest BCUT2D eigenvalue weighted by Crippen LogP contribution is 2.18. The first kappa shape index (κ1) is 75.1. The molecular formula is C72H130O6. The number of carbonyl (C=O) groups is 3. The van der Waals surface area contributed by atoms with Crippen molar-refractivity contribution in [1.82, 2.24) is 0 Å². The van der Waals surface area contributed by atoms with E-state index in [1.54, 1.807) is 0 Å². The van der Waals surface area contributed by atoms with Crippen LogP contribution < -0.4 is 0 Å². The summed E-state index contributed by atoms with van der Waals surface area (Å²) >= 11 is 0. The normalized spacial score (nSPS) is 12.4. The van der Waals surface area contributed by atoms with Gasteiger partial charge in [0, 0.05) is 19.3 Å². The van der Waals surface area contributed by atoms with Crippen molar-refractivity contribution in [2.24, 2.45) is 0 Å². The Balaban J connectivity index is 4.20. The zero-order chi connectivity index (χ0) is 56.4. The van der Waals surface area contributed by atoms with Crippen molar-refractivity contribution in [1.29, 1.82) is 0 Å². The molecule has 1 atom stereocenters.